The molecule has 0 unspecified atom stereocenters. The van der Waals surface area contributed by atoms with Crippen LogP contribution in [0.3, 0.4) is 0 Å². The molecular weight excluding hydrogens is 286 g/mol. The molecule has 21 heavy (non-hydrogen) atoms. The van der Waals surface area contributed by atoms with Gasteiger partial charge in [0.2, 0.25) is 0 Å². The number of anilines is 1. The van der Waals surface area contributed by atoms with Crippen molar-refractivity contribution in [3.05, 3.63) is 69.6 Å². The van der Waals surface area contributed by atoms with Crippen LogP contribution >= 0.6 is 11.3 Å². The van der Waals surface area contributed by atoms with Gasteiger partial charge in [0.1, 0.15) is 0 Å². The van der Waals surface area contributed by atoms with Crippen LogP contribution in [0.4, 0.5) is 11.4 Å². The van der Waals surface area contributed by atoms with Gasteiger partial charge in [0.25, 0.3) is 5.69 Å². The van der Waals surface area contributed by atoms with Crippen molar-refractivity contribution in [2.24, 2.45) is 5.10 Å². The van der Waals surface area contributed by atoms with Crippen molar-refractivity contribution in [1.29, 1.82) is 0 Å². The fraction of sp³-hybridized carbons (Fsp3) is 0. The SMILES string of the molecule is O=[N+]([O-])c1ccc(N/N=C/c2csc3ccccc23)cc1. The Hall–Kier alpha value is -2.73. The van der Waals surface area contributed by atoms with E-state index >= 15 is 0 Å². The van der Waals surface area contributed by atoms with E-state index in [-0.39, 0.29) is 5.69 Å². The van der Waals surface area contributed by atoms with Crippen LogP contribution in [0.25, 0.3) is 10.1 Å². The second kappa shape index (κ2) is 5.72. The molecule has 0 spiro atoms. The lowest BCUT2D eigenvalue weighted by molar-refractivity contribution is -0.384. The molecule has 2 aromatic carbocycles. The lowest BCUT2D eigenvalue weighted by Gasteiger charge is -1.99. The zero-order chi connectivity index (χ0) is 14.7. The number of rotatable bonds is 4. The summed E-state index contributed by atoms with van der Waals surface area (Å²) in [5.41, 5.74) is 4.68. The molecule has 0 amide bonds. The lowest BCUT2D eigenvalue weighted by atomic mass is 10.2. The van der Waals surface area contributed by atoms with Gasteiger partial charge in [-0.15, -0.1) is 11.3 Å². The predicted molar refractivity (Wildman–Crippen MR) is 86.1 cm³/mol. The first-order chi connectivity index (χ1) is 10.2. The maximum atomic E-state index is 10.6. The Morgan fingerprint density at radius 3 is 2.67 bits per heavy atom. The lowest BCUT2D eigenvalue weighted by Crippen LogP contribution is -1.91. The van der Waals surface area contributed by atoms with E-state index in [0.29, 0.717) is 5.69 Å². The zero-order valence-electron chi connectivity index (χ0n) is 10.9. The highest BCUT2D eigenvalue weighted by atomic mass is 32.1. The summed E-state index contributed by atoms with van der Waals surface area (Å²) in [5, 5.41) is 17.9. The number of nitro groups is 1. The summed E-state index contributed by atoms with van der Waals surface area (Å²) >= 11 is 1.67. The van der Waals surface area contributed by atoms with Crippen molar-refractivity contribution in [1.82, 2.24) is 0 Å². The normalized spacial score (nSPS) is 11.0. The summed E-state index contributed by atoms with van der Waals surface area (Å²) in [7, 11) is 0. The molecule has 5 nitrogen and oxygen atoms in total. The Bertz CT molecular complexity index is 809. The van der Waals surface area contributed by atoms with Gasteiger partial charge in [0.15, 0.2) is 0 Å². The molecule has 6 heteroatoms. The van der Waals surface area contributed by atoms with Crippen molar-refractivity contribution < 1.29 is 4.92 Å². The Morgan fingerprint density at radius 1 is 1.14 bits per heavy atom. The fourth-order valence-electron chi connectivity index (χ4n) is 1.93. The molecule has 0 saturated carbocycles. The van der Waals surface area contributed by atoms with Crippen LogP contribution < -0.4 is 5.43 Å². The molecule has 3 aromatic rings. The fourth-order valence-corrected chi connectivity index (χ4v) is 2.84. The van der Waals surface area contributed by atoms with Gasteiger partial charge in [0.05, 0.1) is 16.8 Å². The number of benzene rings is 2. The van der Waals surface area contributed by atoms with Gasteiger partial charge in [-0.05, 0) is 18.2 Å². The summed E-state index contributed by atoms with van der Waals surface area (Å²) in [6.07, 6.45) is 1.75. The number of hydrogen-bond acceptors (Lipinski definition) is 5. The molecule has 104 valence electrons. The first-order valence-corrected chi connectivity index (χ1v) is 7.12. The first-order valence-electron chi connectivity index (χ1n) is 6.24. The minimum atomic E-state index is -0.426. The quantitative estimate of drug-likeness (QED) is 0.444. The van der Waals surface area contributed by atoms with Crippen molar-refractivity contribution in [2.45, 2.75) is 0 Å². The Kier molecular flexibility index (Phi) is 3.61. The number of thiophene rings is 1. The van der Waals surface area contributed by atoms with E-state index in [9.17, 15) is 10.1 Å². The van der Waals surface area contributed by atoms with Crippen LogP contribution in [-0.4, -0.2) is 11.1 Å². The molecule has 1 N–H and O–H groups in total. The van der Waals surface area contributed by atoms with Crippen LogP contribution in [0, 0.1) is 10.1 Å². The Morgan fingerprint density at radius 2 is 1.90 bits per heavy atom. The summed E-state index contributed by atoms with van der Waals surface area (Å²) in [6.45, 7) is 0. The van der Waals surface area contributed by atoms with Gasteiger partial charge in [-0.25, -0.2) is 0 Å². The summed E-state index contributed by atoms with van der Waals surface area (Å²) in [5.74, 6) is 0. The van der Waals surface area contributed by atoms with E-state index in [0.717, 1.165) is 10.9 Å². The van der Waals surface area contributed by atoms with Crippen molar-refractivity contribution in [3.63, 3.8) is 0 Å². The number of fused-ring (bicyclic) bond motifs is 1. The van der Waals surface area contributed by atoms with Crippen LogP contribution in [0.15, 0.2) is 59.0 Å². The third-order valence-corrected chi connectivity index (χ3v) is 3.97. The van der Waals surface area contributed by atoms with Crippen LogP contribution in [-0.2, 0) is 0 Å². The van der Waals surface area contributed by atoms with Gasteiger partial charge >= 0.3 is 0 Å². The van der Waals surface area contributed by atoms with Gasteiger partial charge < -0.3 is 0 Å². The molecule has 0 aliphatic carbocycles. The van der Waals surface area contributed by atoms with E-state index in [2.05, 4.69) is 22.7 Å². The summed E-state index contributed by atoms with van der Waals surface area (Å²) < 4.78 is 1.22. The van der Waals surface area contributed by atoms with Crippen molar-refractivity contribution >= 4 is 39.0 Å². The monoisotopic (exact) mass is 297 g/mol. The summed E-state index contributed by atoms with van der Waals surface area (Å²) in [6, 6.07) is 14.3. The number of non-ortho nitro benzene ring substituents is 1. The molecule has 0 radical (unpaired) electrons. The topological polar surface area (TPSA) is 67.5 Å². The molecule has 0 aliphatic rings. The molecule has 1 aromatic heterocycles. The summed E-state index contributed by atoms with van der Waals surface area (Å²) in [4.78, 5) is 10.1. The van der Waals surface area contributed by atoms with Crippen LogP contribution in [0.1, 0.15) is 5.56 Å². The molecule has 0 aliphatic heterocycles. The van der Waals surface area contributed by atoms with E-state index in [4.69, 9.17) is 0 Å². The number of nitrogens with one attached hydrogen (secondary N) is 1. The molecule has 0 bridgehead atoms. The number of hydrazone groups is 1. The average molecular weight is 297 g/mol. The molecule has 0 saturated heterocycles. The number of hydrogen-bond donors (Lipinski definition) is 1. The first kappa shape index (κ1) is 13.3. The Balaban J connectivity index is 1.73. The van der Waals surface area contributed by atoms with Gasteiger partial charge in [-0.3, -0.25) is 15.5 Å². The minimum Gasteiger partial charge on any atom is -0.278 e. The van der Waals surface area contributed by atoms with Crippen molar-refractivity contribution in [2.75, 3.05) is 5.43 Å². The highest BCUT2D eigenvalue weighted by Gasteiger charge is 2.03. The molecule has 0 atom stereocenters. The Labute approximate surface area is 124 Å². The zero-order valence-corrected chi connectivity index (χ0v) is 11.7. The maximum Gasteiger partial charge on any atom is 0.269 e. The second-order valence-corrected chi connectivity index (χ2v) is 5.27. The molecular formula is C15H11N3O2S. The molecule has 0 fully saturated rings. The number of nitro benzene ring substituents is 1. The van der Waals surface area contributed by atoms with Gasteiger partial charge in [0, 0.05) is 33.2 Å². The third kappa shape index (κ3) is 2.90. The maximum absolute atomic E-state index is 10.6. The van der Waals surface area contributed by atoms with Crippen LogP contribution in [0.2, 0.25) is 0 Å². The predicted octanol–water partition coefficient (Wildman–Crippen LogP) is 4.26. The van der Waals surface area contributed by atoms with Gasteiger partial charge in [-0.2, -0.15) is 5.10 Å². The van der Waals surface area contributed by atoms with Crippen molar-refractivity contribution in [3.8, 4) is 0 Å². The largest absolute Gasteiger partial charge is 0.278 e. The van der Waals surface area contributed by atoms with E-state index in [1.807, 2.05) is 17.5 Å². The van der Waals surface area contributed by atoms with E-state index in [1.54, 1.807) is 29.7 Å². The minimum absolute atomic E-state index is 0.0633. The third-order valence-electron chi connectivity index (χ3n) is 2.99. The highest BCUT2D eigenvalue weighted by molar-refractivity contribution is 7.17. The molecule has 3 rings (SSSR count). The molecule has 1 heterocycles. The smallest absolute Gasteiger partial charge is 0.269 e. The second-order valence-electron chi connectivity index (χ2n) is 4.36. The number of nitrogens with zero attached hydrogens (tertiary/aromatic N) is 2. The van der Waals surface area contributed by atoms with Gasteiger partial charge in [-0.1, -0.05) is 18.2 Å². The highest BCUT2D eigenvalue weighted by Crippen LogP contribution is 2.24. The standard InChI is InChI=1S/C15H11N3O2S/c19-18(20)13-7-5-12(6-8-13)17-16-9-11-10-21-15-4-2-1-3-14(11)15/h1-10,17H/b16-9+. The average Bonchev–Trinajstić information content (AvgIpc) is 2.91. The van der Waals surface area contributed by atoms with E-state index < -0.39 is 4.92 Å². The van der Waals surface area contributed by atoms with E-state index in [1.165, 1.54) is 16.8 Å². The van der Waals surface area contributed by atoms with Crippen LogP contribution in [0.5, 0.6) is 0 Å².